The molecule has 73 heavy (non-hydrogen) atoms. The highest BCUT2D eigenvalue weighted by Gasteiger charge is 2.30. The summed E-state index contributed by atoms with van der Waals surface area (Å²) in [4.78, 5) is 37.7. The van der Waals surface area contributed by atoms with Gasteiger partial charge in [0.1, 0.15) is 19.3 Å². The molecule has 1 amide bonds. The molecule has 0 fully saturated rings. The van der Waals surface area contributed by atoms with Crippen LogP contribution >= 0.6 is 7.82 Å². The van der Waals surface area contributed by atoms with Crippen molar-refractivity contribution in [3.05, 3.63) is 60.8 Å². The van der Waals surface area contributed by atoms with Gasteiger partial charge in [-0.25, -0.2) is 4.57 Å². The van der Waals surface area contributed by atoms with Crippen molar-refractivity contribution < 1.29 is 37.3 Å². The maximum Gasteiger partial charge on any atom is 0.472 e. The van der Waals surface area contributed by atoms with Crippen LogP contribution in [0.25, 0.3) is 0 Å². The standard InChI is InChI=1S/C63H117N2O7P/c1-7-10-13-16-19-22-25-28-30-31-32-33-35-37-40-43-46-49-52-55-62(66)64-60(59-71-73(68,69)70-58-57-65(4,5)6)61(54-51-48-45-42-39-36-27-24-21-18-15-12-9-3)72-63(67)56-53-50-47-44-41-38-34-29-26-23-20-17-14-11-8-2/h19,22,28,30,32-33,37,40,51,54,60-61H,7-18,20-21,23-27,29,31,34-36,38-39,41-50,52-53,55-59H2,1-6H3,(H-,64,66,68,69)/p+1/b22-19-,30-28-,33-32-,40-37-,54-51+. The van der Waals surface area contributed by atoms with E-state index in [4.69, 9.17) is 13.8 Å². The van der Waals surface area contributed by atoms with Crippen molar-refractivity contribution in [2.24, 2.45) is 0 Å². The molecule has 0 saturated carbocycles. The lowest BCUT2D eigenvalue weighted by Crippen LogP contribution is -2.47. The summed E-state index contributed by atoms with van der Waals surface area (Å²) in [5.74, 6) is -0.534. The molecule has 9 nitrogen and oxygen atoms in total. The summed E-state index contributed by atoms with van der Waals surface area (Å²) in [6.07, 6.45) is 66.4. The van der Waals surface area contributed by atoms with Crippen LogP contribution in [0, 0.1) is 0 Å². The normalized spacial score (nSPS) is 14.1. The minimum Gasteiger partial charge on any atom is -0.456 e. The second-order valence-electron chi connectivity index (χ2n) is 21.9. The third kappa shape index (κ3) is 54.3. The SMILES string of the molecule is CCCCC/C=C\C/C=C\C/C=C\C/C=C\CCCCCC(=O)NC(COP(=O)(O)OCC[N+](C)(C)C)C(/C=C/CCCCCCCCCCCCC)OC(=O)CCCCCCCCCCCCCCCCC. The Labute approximate surface area is 451 Å². The molecule has 3 atom stereocenters. The Balaban J connectivity index is 5.36. The lowest BCUT2D eigenvalue weighted by molar-refractivity contribution is -0.870. The average Bonchev–Trinajstić information content (AvgIpc) is 3.35. The molecular weight excluding hydrogens is 928 g/mol. The van der Waals surface area contributed by atoms with Gasteiger partial charge in [0.25, 0.3) is 0 Å². The van der Waals surface area contributed by atoms with Crippen molar-refractivity contribution in [3.8, 4) is 0 Å². The molecular formula is C63H118N2O7P+. The van der Waals surface area contributed by atoms with Crippen LogP contribution in [0.5, 0.6) is 0 Å². The number of carbonyl (C=O) groups is 2. The van der Waals surface area contributed by atoms with Gasteiger partial charge in [0.15, 0.2) is 0 Å². The van der Waals surface area contributed by atoms with Crippen molar-refractivity contribution in [2.45, 2.75) is 290 Å². The highest BCUT2D eigenvalue weighted by molar-refractivity contribution is 7.47. The number of carbonyl (C=O) groups excluding carboxylic acids is 2. The number of phosphoric acid groups is 1. The van der Waals surface area contributed by atoms with Crippen molar-refractivity contribution in [2.75, 3.05) is 40.9 Å². The fourth-order valence-corrected chi connectivity index (χ4v) is 9.42. The molecule has 0 bridgehead atoms. The summed E-state index contributed by atoms with van der Waals surface area (Å²) >= 11 is 0. The molecule has 426 valence electrons. The molecule has 0 aromatic carbocycles. The van der Waals surface area contributed by atoms with E-state index in [1.54, 1.807) is 0 Å². The number of rotatable bonds is 55. The molecule has 0 rings (SSSR count). The first-order valence-electron chi connectivity index (χ1n) is 30.6. The molecule has 0 aromatic rings. The van der Waals surface area contributed by atoms with E-state index in [1.165, 1.54) is 161 Å². The molecule has 0 heterocycles. The van der Waals surface area contributed by atoms with Gasteiger partial charge < -0.3 is 19.4 Å². The summed E-state index contributed by atoms with van der Waals surface area (Å²) in [5, 5.41) is 3.04. The molecule has 0 aromatic heterocycles. The van der Waals surface area contributed by atoms with E-state index >= 15 is 0 Å². The van der Waals surface area contributed by atoms with Crippen LogP contribution in [0.1, 0.15) is 278 Å². The maximum atomic E-state index is 13.5. The van der Waals surface area contributed by atoms with Crippen molar-refractivity contribution in [3.63, 3.8) is 0 Å². The third-order valence-electron chi connectivity index (χ3n) is 13.5. The molecule has 0 saturated heterocycles. The van der Waals surface area contributed by atoms with E-state index in [2.05, 4.69) is 74.7 Å². The number of amides is 1. The molecule has 3 unspecified atom stereocenters. The van der Waals surface area contributed by atoms with Gasteiger partial charge in [0.2, 0.25) is 5.91 Å². The van der Waals surface area contributed by atoms with E-state index in [-0.39, 0.29) is 31.5 Å². The van der Waals surface area contributed by atoms with Gasteiger partial charge in [-0.3, -0.25) is 18.6 Å². The molecule has 0 aliphatic heterocycles. The van der Waals surface area contributed by atoms with Gasteiger partial charge in [-0.15, -0.1) is 0 Å². The van der Waals surface area contributed by atoms with Crippen molar-refractivity contribution in [1.82, 2.24) is 5.32 Å². The van der Waals surface area contributed by atoms with Gasteiger partial charge in [0, 0.05) is 12.8 Å². The van der Waals surface area contributed by atoms with Gasteiger partial charge in [-0.2, -0.15) is 0 Å². The van der Waals surface area contributed by atoms with Crippen LogP contribution in [0.2, 0.25) is 0 Å². The number of esters is 1. The Morgan fingerprint density at radius 2 is 0.836 bits per heavy atom. The number of quaternary nitrogens is 1. The minimum absolute atomic E-state index is 0.0336. The van der Waals surface area contributed by atoms with Crippen LogP contribution in [0.15, 0.2) is 60.8 Å². The highest BCUT2D eigenvalue weighted by atomic mass is 31.2. The van der Waals surface area contributed by atoms with Gasteiger partial charge in [-0.1, -0.05) is 249 Å². The highest BCUT2D eigenvalue weighted by Crippen LogP contribution is 2.43. The summed E-state index contributed by atoms with van der Waals surface area (Å²) < 4.78 is 30.7. The van der Waals surface area contributed by atoms with E-state index in [1.807, 2.05) is 33.3 Å². The first kappa shape index (κ1) is 70.7. The molecule has 0 spiro atoms. The van der Waals surface area contributed by atoms with E-state index in [0.717, 1.165) is 77.0 Å². The van der Waals surface area contributed by atoms with Crippen LogP contribution < -0.4 is 5.32 Å². The quantitative estimate of drug-likeness (QED) is 0.0205. The number of hydrogen-bond donors (Lipinski definition) is 2. The molecule has 0 aliphatic rings. The number of hydrogen-bond acceptors (Lipinski definition) is 6. The zero-order valence-electron chi connectivity index (χ0n) is 48.6. The number of allylic oxidation sites excluding steroid dienone is 9. The predicted molar refractivity (Wildman–Crippen MR) is 314 cm³/mol. The monoisotopic (exact) mass is 1050 g/mol. The molecule has 0 aliphatic carbocycles. The Morgan fingerprint density at radius 1 is 0.479 bits per heavy atom. The van der Waals surface area contributed by atoms with E-state index in [9.17, 15) is 19.0 Å². The number of likely N-dealkylation sites (N-methyl/N-ethyl adjacent to an activating group) is 1. The Morgan fingerprint density at radius 3 is 1.29 bits per heavy atom. The van der Waals surface area contributed by atoms with Crippen molar-refractivity contribution >= 4 is 19.7 Å². The first-order valence-corrected chi connectivity index (χ1v) is 32.1. The number of nitrogens with zero attached hydrogens (tertiary/aromatic N) is 1. The van der Waals surface area contributed by atoms with Gasteiger partial charge in [0.05, 0.1) is 33.8 Å². The summed E-state index contributed by atoms with van der Waals surface area (Å²) in [6.45, 7) is 6.98. The number of phosphoric ester groups is 1. The smallest absolute Gasteiger partial charge is 0.456 e. The predicted octanol–water partition coefficient (Wildman–Crippen LogP) is 18.7. The number of ether oxygens (including phenoxy) is 1. The van der Waals surface area contributed by atoms with Gasteiger partial charge in [-0.05, 0) is 76.7 Å². The maximum absolute atomic E-state index is 13.5. The Kier molecular flexibility index (Phi) is 51.5. The van der Waals surface area contributed by atoms with Crippen LogP contribution in [0.3, 0.4) is 0 Å². The Bertz CT molecular complexity index is 1440. The molecule has 0 radical (unpaired) electrons. The van der Waals surface area contributed by atoms with Gasteiger partial charge >= 0.3 is 13.8 Å². The van der Waals surface area contributed by atoms with Crippen molar-refractivity contribution in [1.29, 1.82) is 0 Å². The summed E-state index contributed by atoms with van der Waals surface area (Å²) in [6, 6.07) is -0.864. The fourth-order valence-electron chi connectivity index (χ4n) is 8.69. The van der Waals surface area contributed by atoms with E-state index < -0.39 is 20.0 Å². The number of unbranched alkanes of at least 4 members (excludes halogenated alkanes) is 31. The molecule has 10 heteroatoms. The summed E-state index contributed by atoms with van der Waals surface area (Å²) in [7, 11) is 1.48. The summed E-state index contributed by atoms with van der Waals surface area (Å²) in [5.41, 5.74) is 0. The lowest BCUT2D eigenvalue weighted by Gasteiger charge is -2.27. The van der Waals surface area contributed by atoms with Crippen LogP contribution in [-0.2, 0) is 27.9 Å². The Hall–Kier alpha value is -2.29. The zero-order chi connectivity index (χ0) is 53.6. The molecule has 2 N–H and O–H groups in total. The number of nitrogens with one attached hydrogen (secondary N) is 1. The van der Waals surface area contributed by atoms with Crippen LogP contribution in [-0.4, -0.2) is 74.3 Å². The lowest BCUT2D eigenvalue weighted by atomic mass is 10.0. The van der Waals surface area contributed by atoms with Crippen LogP contribution in [0.4, 0.5) is 0 Å². The first-order chi connectivity index (χ1) is 35.4. The fraction of sp³-hybridized carbons (Fsp3) is 0.810. The second-order valence-corrected chi connectivity index (χ2v) is 23.3. The minimum atomic E-state index is -4.46. The largest absolute Gasteiger partial charge is 0.472 e. The topological polar surface area (TPSA) is 111 Å². The second kappa shape index (κ2) is 53.1. The average molecular weight is 1050 g/mol. The third-order valence-corrected chi connectivity index (χ3v) is 14.4. The van der Waals surface area contributed by atoms with E-state index in [0.29, 0.717) is 23.9 Å². The zero-order valence-corrected chi connectivity index (χ0v) is 49.5.